The molecule has 4 nitrogen and oxygen atoms in total. The van der Waals surface area contributed by atoms with E-state index in [2.05, 4.69) is 66.2 Å². The highest BCUT2D eigenvalue weighted by atomic mass is 16.3. The third-order valence-electron chi connectivity index (χ3n) is 6.81. The highest BCUT2D eigenvalue weighted by Crippen LogP contribution is 2.45. The summed E-state index contributed by atoms with van der Waals surface area (Å²) in [5.41, 5.74) is 5.13. The number of hydrogen-bond donors (Lipinski definition) is 1. The smallest absolute Gasteiger partial charge is 0.105 e. The molecule has 4 rings (SSSR count). The van der Waals surface area contributed by atoms with Gasteiger partial charge in [-0.25, -0.2) is 0 Å². The van der Waals surface area contributed by atoms with Crippen molar-refractivity contribution in [2.45, 2.75) is 57.7 Å². The summed E-state index contributed by atoms with van der Waals surface area (Å²) in [6, 6.07) is 10.5. The van der Waals surface area contributed by atoms with Crippen molar-refractivity contribution in [3.63, 3.8) is 0 Å². The Morgan fingerprint density at radius 2 is 2.00 bits per heavy atom. The molecular formula is C26H33N3O. The quantitative estimate of drug-likeness (QED) is 0.594. The van der Waals surface area contributed by atoms with E-state index in [4.69, 9.17) is 0 Å². The number of pyridine rings is 1. The van der Waals surface area contributed by atoms with Crippen molar-refractivity contribution in [3.8, 4) is 0 Å². The third kappa shape index (κ3) is 3.38. The third-order valence-corrected chi connectivity index (χ3v) is 6.81. The van der Waals surface area contributed by atoms with Gasteiger partial charge in [-0.05, 0) is 69.1 Å². The minimum atomic E-state index is -0.995. The van der Waals surface area contributed by atoms with Gasteiger partial charge in [0.2, 0.25) is 0 Å². The van der Waals surface area contributed by atoms with Crippen LogP contribution in [0.5, 0.6) is 0 Å². The molecule has 158 valence electrons. The number of nitrogens with zero attached hydrogens (tertiary/aromatic N) is 3. The van der Waals surface area contributed by atoms with E-state index in [0.717, 1.165) is 31.5 Å². The van der Waals surface area contributed by atoms with E-state index in [9.17, 15) is 5.11 Å². The van der Waals surface area contributed by atoms with Crippen molar-refractivity contribution in [1.29, 1.82) is 0 Å². The second-order valence-corrected chi connectivity index (χ2v) is 9.24. The number of aliphatic hydroxyl groups is 1. The number of benzene rings is 1. The molecule has 4 heteroatoms. The molecule has 2 aromatic heterocycles. The molecule has 3 heterocycles. The average molecular weight is 404 g/mol. The molecule has 30 heavy (non-hydrogen) atoms. The summed E-state index contributed by atoms with van der Waals surface area (Å²) in [5, 5.41) is 12.8. The number of fused-ring (bicyclic) bond motifs is 3. The van der Waals surface area contributed by atoms with E-state index >= 15 is 0 Å². The predicted molar refractivity (Wildman–Crippen MR) is 124 cm³/mol. The molecule has 1 N–H and O–H groups in total. The lowest BCUT2D eigenvalue weighted by Crippen LogP contribution is -2.45. The van der Waals surface area contributed by atoms with E-state index in [1.165, 1.54) is 27.7 Å². The van der Waals surface area contributed by atoms with Crippen LogP contribution >= 0.6 is 0 Å². The highest BCUT2D eigenvalue weighted by Gasteiger charge is 2.41. The first-order valence-electron chi connectivity index (χ1n) is 10.9. The lowest BCUT2D eigenvalue weighted by atomic mass is 9.74. The van der Waals surface area contributed by atoms with Crippen LogP contribution in [-0.2, 0) is 24.1 Å². The number of hydrogen-bond acceptors (Lipinski definition) is 3. The van der Waals surface area contributed by atoms with Gasteiger partial charge in [0.15, 0.2) is 0 Å². The fraction of sp³-hybridized carbons (Fsp3) is 0.423. The van der Waals surface area contributed by atoms with Crippen LogP contribution in [-0.4, -0.2) is 33.1 Å². The van der Waals surface area contributed by atoms with E-state index in [0.29, 0.717) is 6.54 Å². The lowest BCUT2D eigenvalue weighted by molar-refractivity contribution is 0.0366. The Hall–Kier alpha value is -2.43. The van der Waals surface area contributed by atoms with Gasteiger partial charge in [0.05, 0.1) is 6.54 Å². The fourth-order valence-corrected chi connectivity index (χ4v) is 5.36. The molecule has 0 spiro atoms. The summed E-state index contributed by atoms with van der Waals surface area (Å²) in [6.45, 7) is 12.9. The molecule has 2 atom stereocenters. The summed E-state index contributed by atoms with van der Waals surface area (Å²) in [6.07, 6.45) is 7.51. The Morgan fingerprint density at radius 3 is 2.67 bits per heavy atom. The first kappa shape index (κ1) is 20.8. The van der Waals surface area contributed by atoms with Crippen LogP contribution in [0.3, 0.4) is 0 Å². The van der Waals surface area contributed by atoms with Crippen LogP contribution in [0.15, 0.2) is 55.4 Å². The molecule has 0 bridgehead atoms. The van der Waals surface area contributed by atoms with Crippen LogP contribution in [0.4, 0.5) is 0 Å². The van der Waals surface area contributed by atoms with E-state index in [1.54, 1.807) is 12.4 Å². The van der Waals surface area contributed by atoms with Gasteiger partial charge in [0.1, 0.15) is 5.60 Å². The summed E-state index contributed by atoms with van der Waals surface area (Å²) in [5.74, 6) is 0. The number of rotatable bonds is 6. The highest BCUT2D eigenvalue weighted by molar-refractivity contribution is 5.87. The van der Waals surface area contributed by atoms with Crippen LogP contribution in [0.25, 0.3) is 10.9 Å². The predicted octanol–water partition coefficient (Wildman–Crippen LogP) is 4.92. The van der Waals surface area contributed by atoms with Crippen LogP contribution in [0.1, 0.15) is 49.1 Å². The molecule has 1 aliphatic heterocycles. The van der Waals surface area contributed by atoms with Crippen LogP contribution in [0.2, 0.25) is 0 Å². The van der Waals surface area contributed by atoms with Crippen LogP contribution in [0, 0.1) is 6.92 Å². The molecule has 0 fully saturated rings. The van der Waals surface area contributed by atoms with Gasteiger partial charge in [-0.3, -0.25) is 4.98 Å². The van der Waals surface area contributed by atoms with Crippen molar-refractivity contribution in [2.75, 3.05) is 13.6 Å². The SMILES string of the molecule is C=CCC1(CC)CN(C)Cc2c1n(CC(C)(O)c1ccncc1)c1ccc(C)cc21. The van der Waals surface area contributed by atoms with Crippen molar-refractivity contribution in [1.82, 2.24) is 14.5 Å². The molecule has 2 unspecified atom stereocenters. The molecule has 0 saturated carbocycles. The maximum atomic E-state index is 11.5. The summed E-state index contributed by atoms with van der Waals surface area (Å²) < 4.78 is 2.39. The molecule has 1 aromatic carbocycles. The number of allylic oxidation sites excluding steroid dienone is 1. The molecule has 3 aromatic rings. The van der Waals surface area contributed by atoms with Gasteiger partial charge >= 0.3 is 0 Å². The van der Waals surface area contributed by atoms with Crippen molar-refractivity contribution in [3.05, 3.63) is 77.8 Å². The first-order chi connectivity index (χ1) is 14.3. The molecule has 0 saturated heterocycles. The van der Waals surface area contributed by atoms with Gasteiger partial charge in [-0.2, -0.15) is 0 Å². The largest absolute Gasteiger partial charge is 0.384 e. The van der Waals surface area contributed by atoms with Gasteiger partial charge in [-0.1, -0.05) is 24.6 Å². The monoisotopic (exact) mass is 403 g/mol. The summed E-state index contributed by atoms with van der Waals surface area (Å²) in [4.78, 5) is 6.55. The lowest BCUT2D eigenvalue weighted by Gasteiger charge is -2.43. The summed E-state index contributed by atoms with van der Waals surface area (Å²) >= 11 is 0. The Bertz CT molecular complexity index is 1070. The first-order valence-corrected chi connectivity index (χ1v) is 10.9. The minimum Gasteiger partial charge on any atom is -0.384 e. The topological polar surface area (TPSA) is 41.3 Å². The molecular weight excluding hydrogens is 370 g/mol. The fourth-order valence-electron chi connectivity index (χ4n) is 5.36. The van der Waals surface area contributed by atoms with Crippen molar-refractivity contribution >= 4 is 10.9 Å². The van der Waals surface area contributed by atoms with Gasteiger partial charge in [-0.15, -0.1) is 6.58 Å². The Kier molecular flexibility index (Phi) is 5.33. The van der Waals surface area contributed by atoms with E-state index in [-0.39, 0.29) is 5.41 Å². The number of aryl methyl sites for hydroxylation is 1. The van der Waals surface area contributed by atoms with E-state index < -0.39 is 5.60 Å². The van der Waals surface area contributed by atoms with Gasteiger partial charge in [0, 0.05) is 47.5 Å². The van der Waals surface area contributed by atoms with Crippen LogP contribution < -0.4 is 0 Å². The normalized spacial score (nSPS) is 21.4. The Morgan fingerprint density at radius 1 is 1.27 bits per heavy atom. The number of likely N-dealkylation sites (N-methyl/N-ethyl adjacent to an activating group) is 1. The minimum absolute atomic E-state index is 0.00860. The zero-order valence-electron chi connectivity index (χ0n) is 18.7. The average Bonchev–Trinajstić information content (AvgIpc) is 3.01. The van der Waals surface area contributed by atoms with E-state index in [1.807, 2.05) is 19.1 Å². The molecule has 0 radical (unpaired) electrons. The van der Waals surface area contributed by atoms with Crippen molar-refractivity contribution < 1.29 is 5.11 Å². The standard InChI is InChI=1S/C26H33N3O/c1-6-12-26(7-2)18-28(5)16-22-21-15-19(3)8-9-23(21)29(24(22)26)17-25(4,30)20-10-13-27-14-11-20/h6,8-11,13-15,30H,1,7,12,16-18H2,2-5H3. The summed E-state index contributed by atoms with van der Waals surface area (Å²) in [7, 11) is 2.21. The maximum Gasteiger partial charge on any atom is 0.105 e. The number of aromatic nitrogens is 2. The zero-order chi connectivity index (χ0) is 21.5. The maximum absolute atomic E-state index is 11.5. The zero-order valence-corrected chi connectivity index (χ0v) is 18.7. The molecule has 1 aliphatic rings. The second-order valence-electron chi connectivity index (χ2n) is 9.24. The Labute approximate surface area is 179 Å². The van der Waals surface area contributed by atoms with Gasteiger partial charge in [0.25, 0.3) is 0 Å². The Balaban J connectivity index is 1.98. The molecule has 0 amide bonds. The van der Waals surface area contributed by atoms with Crippen molar-refractivity contribution in [2.24, 2.45) is 0 Å². The second kappa shape index (κ2) is 7.68. The molecule has 0 aliphatic carbocycles. The van der Waals surface area contributed by atoms with Gasteiger partial charge < -0.3 is 14.6 Å².